The van der Waals surface area contributed by atoms with Gasteiger partial charge in [-0.3, -0.25) is 4.79 Å². The Hall–Kier alpha value is -4.26. The second-order valence-corrected chi connectivity index (χ2v) is 7.88. The minimum atomic E-state index is -1.01. The molecule has 1 aromatic heterocycles. The largest absolute Gasteiger partial charge is 0.493 e. The number of fused-ring (bicyclic) bond motifs is 1. The van der Waals surface area contributed by atoms with E-state index in [1.54, 1.807) is 43.5 Å². The smallest absolute Gasteiger partial charge is 0.335 e. The van der Waals surface area contributed by atoms with Gasteiger partial charge in [0.1, 0.15) is 12.2 Å². The molecule has 1 N–H and O–H groups in total. The lowest BCUT2D eigenvalue weighted by atomic mass is 10.0. The van der Waals surface area contributed by atoms with Crippen LogP contribution in [0.2, 0.25) is 0 Å². The van der Waals surface area contributed by atoms with Crippen molar-refractivity contribution in [1.82, 2.24) is 0 Å². The predicted molar refractivity (Wildman–Crippen MR) is 128 cm³/mol. The molecule has 0 aliphatic heterocycles. The molecular weight excluding hydrogens is 436 g/mol. The first-order valence-electron chi connectivity index (χ1n) is 10.6. The van der Waals surface area contributed by atoms with Crippen LogP contribution < -0.4 is 19.6 Å². The number of hydrogen-bond acceptors (Lipinski definition) is 6. The maximum Gasteiger partial charge on any atom is 0.335 e. The van der Waals surface area contributed by atoms with E-state index in [1.807, 2.05) is 19.9 Å². The van der Waals surface area contributed by atoms with Gasteiger partial charge in [-0.05, 0) is 73.0 Å². The fraction of sp³-hybridized carbons (Fsp3) is 0.185. The van der Waals surface area contributed by atoms with E-state index >= 15 is 0 Å². The van der Waals surface area contributed by atoms with Crippen LogP contribution in [0.3, 0.4) is 0 Å². The third-order valence-corrected chi connectivity index (χ3v) is 5.69. The highest BCUT2D eigenvalue weighted by Crippen LogP contribution is 2.37. The van der Waals surface area contributed by atoms with Gasteiger partial charge in [-0.25, -0.2) is 4.79 Å². The van der Waals surface area contributed by atoms with Crippen molar-refractivity contribution in [3.05, 3.63) is 87.1 Å². The monoisotopic (exact) mass is 460 g/mol. The molecule has 0 amide bonds. The average molecular weight is 460 g/mol. The summed E-state index contributed by atoms with van der Waals surface area (Å²) in [6.07, 6.45) is 0. The summed E-state index contributed by atoms with van der Waals surface area (Å²) < 4.78 is 22.9. The zero-order chi connectivity index (χ0) is 24.4. The zero-order valence-corrected chi connectivity index (χ0v) is 19.3. The van der Waals surface area contributed by atoms with Crippen molar-refractivity contribution in [2.45, 2.75) is 20.5 Å². The Morgan fingerprint density at radius 2 is 1.59 bits per heavy atom. The summed E-state index contributed by atoms with van der Waals surface area (Å²) in [6.45, 7) is 3.94. The van der Waals surface area contributed by atoms with Crippen LogP contribution in [0.15, 0.2) is 63.8 Å². The Balaban J connectivity index is 1.84. The normalized spacial score (nSPS) is 10.8. The molecule has 34 heavy (non-hydrogen) atoms. The zero-order valence-electron chi connectivity index (χ0n) is 19.3. The van der Waals surface area contributed by atoms with Crippen LogP contribution in [0.1, 0.15) is 27.0 Å². The number of methoxy groups -OCH3 is 2. The third kappa shape index (κ3) is 4.32. The van der Waals surface area contributed by atoms with Gasteiger partial charge < -0.3 is 23.7 Å². The van der Waals surface area contributed by atoms with Crippen molar-refractivity contribution < 1.29 is 28.5 Å². The topological polar surface area (TPSA) is 95.2 Å². The lowest BCUT2D eigenvalue weighted by molar-refractivity contribution is 0.0697. The molecular formula is C27H24O7. The van der Waals surface area contributed by atoms with Crippen LogP contribution in [-0.2, 0) is 6.61 Å². The summed E-state index contributed by atoms with van der Waals surface area (Å²) in [5.41, 5.74) is 3.60. The minimum absolute atomic E-state index is 0.0568. The van der Waals surface area contributed by atoms with E-state index in [2.05, 4.69) is 0 Å². The average Bonchev–Trinajstić information content (AvgIpc) is 2.84. The van der Waals surface area contributed by atoms with Crippen molar-refractivity contribution in [3.63, 3.8) is 0 Å². The van der Waals surface area contributed by atoms with Gasteiger partial charge in [0.05, 0.1) is 25.2 Å². The van der Waals surface area contributed by atoms with Gasteiger partial charge in [-0.2, -0.15) is 0 Å². The van der Waals surface area contributed by atoms with Gasteiger partial charge >= 0.3 is 5.97 Å². The second-order valence-electron chi connectivity index (χ2n) is 7.88. The van der Waals surface area contributed by atoms with E-state index in [4.69, 9.17) is 23.7 Å². The Kier molecular flexibility index (Phi) is 6.27. The molecule has 0 bridgehead atoms. The van der Waals surface area contributed by atoms with Crippen LogP contribution in [0.5, 0.6) is 17.2 Å². The predicted octanol–water partition coefficient (Wildman–Crippen LogP) is 5.37. The Bertz CT molecular complexity index is 1430. The molecule has 0 saturated carbocycles. The van der Waals surface area contributed by atoms with Crippen LogP contribution in [-0.4, -0.2) is 25.3 Å². The number of carboxylic acid groups (broad SMARTS) is 1. The molecule has 0 fully saturated rings. The molecule has 7 heteroatoms. The molecule has 4 rings (SSSR count). The quantitative estimate of drug-likeness (QED) is 0.396. The highest BCUT2D eigenvalue weighted by molar-refractivity contribution is 5.87. The first kappa shape index (κ1) is 22.9. The van der Waals surface area contributed by atoms with Crippen LogP contribution in [0.25, 0.3) is 22.3 Å². The van der Waals surface area contributed by atoms with Crippen molar-refractivity contribution >= 4 is 16.9 Å². The maximum atomic E-state index is 13.5. The molecule has 0 aliphatic carbocycles. The summed E-state index contributed by atoms with van der Waals surface area (Å²) in [4.78, 5) is 24.6. The number of aromatic carboxylic acids is 1. The molecule has 0 unspecified atom stereocenters. The van der Waals surface area contributed by atoms with Crippen molar-refractivity contribution in [1.29, 1.82) is 0 Å². The minimum Gasteiger partial charge on any atom is -0.493 e. The number of ether oxygens (including phenoxy) is 3. The van der Waals surface area contributed by atoms with Crippen LogP contribution in [0, 0.1) is 13.8 Å². The van der Waals surface area contributed by atoms with Gasteiger partial charge in [-0.1, -0.05) is 12.1 Å². The van der Waals surface area contributed by atoms with E-state index < -0.39 is 5.97 Å². The molecule has 0 aliphatic rings. The number of carboxylic acids is 1. The number of hydrogen-bond donors (Lipinski definition) is 1. The molecule has 1 heterocycles. The van der Waals surface area contributed by atoms with Gasteiger partial charge in [0.25, 0.3) is 0 Å². The molecule has 3 aromatic carbocycles. The standard InChI is InChI=1S/C27H24O7/c1-15-11-20-22(12-16(15)2)34-25(19-9-10-21(31-3)23(13-19)32-4)26(24(20)28)33-14-17-5-7-18(8-6-17)27(29)30/h5-13H,14H2,1-4H3,(H,29,30). The lowest BCUT2D eigenvalue weighted by Gasteiger charge is -2.14. The second kappa shape index (κ2) is 9.31. The summed E-state index contributed by atoms with van der Waals surface area (Å²) in [7, 11) is 3.07. The van der Waals surface area contributed by atoms with Crippen LogP contribution in [0.4, 0.5) is 0 Å². The molecule has 4 aromatic rings. The molecule has 0 radical (unpaired) electrons. The van der Waals surface area contributed by atoms with E-state index in [0.717, 1.165) is 11.1 Å². The first-order valence-corrected chi connectivity index (χ1v) is 10.6. The highest BCUT2D eigenvalue weighted by atomic mass is 16.5. The fourth-order valence-corrected chi connectivity index (χ4v) is 3.63. The molecule has 0 atom stereocenters. The van der Waals surface area contributed by atoms with Gasteiger partial charge in [-0.15, -0.1) is 0 Å². The SMILES string of the molecule is COc1ccc(-c2oc3cc(C)c(C)cc3c(=O)c2OCc2ccc(C(=O)O)cc2)cc1OC. The number of carbonyl (C=O) groups is 1. The summed E-state index contributed by atoms with van der Waals surface area (Å²) in [5.74, 6) is 0.345. The summed E-state index contributed by atoms with van der Waals surface area (Å²) >= 11 is 0. The van der Waals surface area contributed by atoms with Crippen molar-refractivity contribution in [2.24, 2.45) is 0 Å². The van der Waals surface area contributed by atoms with Crippen molar-refractivity contribution in [2.75, 3.05) is 14.2 Å². The first-order chi connectivity index (χ1) is 16.3. The molecule has 0 spiro atoms. The highest BCUT2D eigenvalue weighted by Gasteiger charge is 2.20. The Morgan fingerprint density at radius 1 is 0.912 bits per heavy atom. The van der Waals surface area contributed by atoms with Crippen molar-refractivity contribution in [3.8, 4) is 28.6 Å². The van der Waals surface area contributed by atoms with Gasteiger partial charge in [0.2, 0.25) is 11.2 Å². The number of aryl methyl sites for hydroxylation is 2. The van der Waals surface area contributed by atoms with E-state index in [9.17, 15) is 9.59 Å². The fourth-order valence-electron chi connectivity index (χ4n) is 3.63. The summed E-state index contributed by atoms with van der Waals surface area (Å²) in [5, 5.41) is 9.52. The lowest BCUT2D eigenvalue weighted by Crippen LogP contribution is -2.11. The molecule has 7 nitrogen and oxygen atoms in total. The molecule has 174 valence electrons. The number of rotatable bonds is 7. The van der Waals surface area contributed by atoms with E-state index in [0.29, 0.717) is 33.6 Å². The summed E-state index contributed by atoms with van der Waals surface area (Å²) in [6, 6.07) is 15.1. The van der Waals surface area contributed by atoms with Gasteiger partial charge in [0.15, 0.2) is 17.3 Å². The Morgan fingerprint density at radius 3 is 2.24 bits per heavy atom. The third-order valence-electron chi connectivity index (χ3n) is 5.69. The Labute approximate surface area is 196 Å². The molecule has 0 saturated heterocycles. The van der Waals surface area contributed by atoms with Crippen LogP contribution >= 0.6 is 0 Å². The maximum absolute atomic E-state index is 13.5. The number of benzene rings is 3. The van der Waals surface area contributed by atoms with Gasteiger partial charge in [0, 0.05) is 5.56 Å². The van der Waals surface area contributed by atoms with E-state index in [-0.39, 0.29) is 29.1 Å². The van der Waals surface area contributed by atoms with E-state index in [1.165, 1.54) is 19.2 Å².